The van der Waals surface area contributed by atoms with E-state index in [-0.39, 0.29) is 12.6 Å². The van der Waals surface area contributed by atoms with Crippen molar-refractivity contribution in [3.8, 4) is 0 Å². The lowest BCUT2D eigenvalue weighted by atomic mass is 10.0. The van der Waals surface area contributed by atoms with E-state index in [1.54, 1.807) is 0 Å². The zero-order chi connectivity index (χ0) is 9.14. The Morgan fingerprint density at radius 1 is 1.67 bits per heavy atom. The van der Waals surface area contributed by atoms with Gasteiger partial charge in [-0.2, -0.15) is 0 Å². The molecule has 12 heavy (non-hydrogen) atoms. The van der Waals surface area contributed by atoms with Gasteiger partial charge in [-0.1, -0.05) is 0 Å². The number of aliphatic hydroxyl groups excluding tert-OH is 2. The van der Waals surface area contributed by atoms with Crippen LogP contribution in [0, 0.1) is 0 Å². The van der Waals surface area contributed by atoms with Crippen LogP contribution >= 0.6 is 0 Å². The molecule has 0 aromatic carbocycles. The van der Waals surface area contributed by atoms with Crippen LogP contribution in [0.25, 0.3) is 0 Å². The summed E-state index contributed by atoms with van der Waals surface area (Å²) in [7, 11) is 1.50. The second-order valence-electron chi connectivity index (χ2n) is 2.91. The second kappa shape index (κ2) is 4.15. The normalized spacial score (nSPS) is 43.0. The monoisotopic (exact) mass is 177 g/mol. The van der Waals surface area contributed by atoms with Crippen molar-refractivity contribution >= 4 is 0 Å². The third kappa shape index (κ3) is 1.94. The number of rotatable bonds is 2. The Bertz CT molecular complexity index is 143. The lowest BCUT2D eigenvalue weighted by Gasteiger charge is -2.36. The number of hydrogen-bond acceptors (Lipinski definition) is 5. The summed E-state index contributed by atoms with van der Waals surface area (Å²) in [5.41, 5.74) is 5.59. The molecule has 4 atom stereocenters. The Labute approximate surface area is 71.1 Å². The molecule has 0 bridgehead atoms. The Kier molecular flexibility index (Phi) is 3.42. The van der Waals surface area contributed by atoms with E-state index >= 15 is 0 Å². The minimum Gasteiger partial charge on any atom is -0.394 e. The molecule has 1 fully saturated rings. The van der Waals surface area contributed by atoms with E-state index in [9.17, 15) is 5.11 Å². The molecule has 5 nitrogen and oxygen atoms in total. The molecule has 1 aliphatic heterocycles. The summed E-state index contributed by atoms with van der Waals surface area (Å²) >= 11 is 0. The fourth-order valence-electron chi connectivity index (χ4n) is 1.27. The molecule has 1 rings (SSSR count). The van der Waals surface area contributed by atoms with E-state index in [0.29, 0.717) is 6.42 Å². The molecule has 0 aliphatic carbocycles. The van der Waals surface area contributed by atoms with Gasteiger partial charge in [-0.3, -0.25) is 0 Å². The van der Waals surface area contributed by atoms with Gasteiger partial charge in [0.25, 0.3) is 0 Å². The predicted octanol–water partition coefficient (Wildman–Crippen LogP) is -1.57. The molecule has 0 aromatic heterocycles. The second-order valence-corrected chi connectivity index (χ2v) is 2.91. The lowest BCUT2D eigenvalue weighted by molar-refractivity contribution is -0.224. The topological polar surface area (TPSA) is 84.9 Å². The summed E-state index contributed by atoms with van der Waals surface area (Å²) < 4.78 is 10.1. The third-order valence-electron chi connectivity index (χ3n) is 2.05. The van der Waals surface area contributed by atoms with Crippen LogP contribution in [0.15, 0.2) is 0 Å². The van der Waals surface area contributed by atoms with Crippen LogP contribution in [0.3, 0.4) is 0 Å². The smallest absolute Gasteiger partial charge is 0.159 e. The van der Waals surface area contributed by atoms with Gasteiger partial charge < -0.3 is 25.4 Å². The molecule has 0 unspecified atom stereocenters. The molecule has 0 aromatic rings. The summed E-state index contributed by atoms with van der Waals surface area (Å²) in [6.07, 6.45) is -1.39. The van der Waals surface area contributed by atoms with Gasteiger partial charge in [0.15, 0.2) is 6.29 Å². The molecule has 0 spiro atoms. The van der Waals surface area contributed by atoms with Crippen molar-refractivity contribution in [3.05, 3.63) is 0 Å². The first-order chi connectivity index (χ1) is 5.69. The maximum Gasteiger partial charge on any atom is 0.159 e. The van der Waals surface area contributed by atoms with Gasteiger partial charge in [0.2, 0.25) is 0 Å². The minimum absolute atomic E-state index is 0.241. The molecule has 4 N–H and O–H groups in total. The third-order valence-corrected chi connectivity index (χ3v) is 2.05. The molecule has 5 heteroatoms. The van der Waals surface area contributed by atoms with Crippen molar-refractivity contribution in [1.82, 2.24) is 0 Å². The van der Waals surface area contributed by atoms with Gasteiger partial charge in [-0.05, 0) is 0 Å². The number of methoxy groups -OCH3 is 1. The van der Waals surface area contributed by atoms with E-state index in [1.807, 2.05) is 0 Å². The average molecular weight is 177 g/mol. The van der Waals surface area contributed by atoms with Crippen LogP contribution in [0.1, 0.15) is 6.42 Å². The highest BCUT2D eigenvalue weighted by Gasteiger charge is 2.35. The van der Waals surface area contributed by atoms with E-state index in [0.717, 1.165) is 0 Å². The lowest BCUT2D eigenvalue weighted by Crippen LogP contribution is -2.53. The molecule has 1 aliphatic rings. The van der Waals surface area contributed by atoms with Crippen LogP contribution in [0.5, 0.6) is 0 Å². The Balaban J connectivity index is 2.52. The molecule has 0 amide bonds. The van der Waals surface area contributed by atoms with Gasteiger partial charge in [-0.15, -0.1) is 0 Å². The first kappa shape index (κ1) is 9.88. The highest BCUT2D eigenvalue weighted by atomic mass is 16.7. The number of ether oxygens (including phenoxy) is 2. The Morgan fingerprint density at radius 3 is 2.83 bits per heavy atom. The fraction of sp³-hybridized carbons (Fsp3) is 1.00. The molecule has 1 heterocycles. The predicted molar refractivity (Wildman–Crippen MR) is 41.4 cm³/mol. The van der Waals surface area contributed by atoms with Crippen molar-refractivity contribution in [1.29, 1.82) is 0 Å². The van der Waals surface area contributed by atoms with Gasteiger partial charge in [0, 0.05) is 19.6 Å². The quantitative estimate of drug-likeness (QED) is 0.474. The Morgan fingerprint density at radius 2 is 2.33 bits per heavy atom. The van der Waals surface area contributed by atoms with Crippen LogP contribution in [-0.2, 0) is 9.47 Å². The summed E-state index contributed by atoms with van der Waals surface area (Å²) in [4.78, 5) is 0. The molecular weight excluding hydrogens is 162 g/mol. The largest absolute Gasteiger partial charge is 0.394 e. The van der Waals surface area contributed by atoms with Crippen molar-refractivity contribution in [2.75, 3.05) is 13.7 Å². The molecule has 0 saturated carbocycles. The summed E-state index contributed by atoms with van der Waals surface area (Å²) in [6.45, 7) is -0.241. The van der Waals surface area contributed by atoms with Crippen LogP contribution < -0.4 is 5.73 Å². The first-order valence-corrected chi connectivity index (χ1v) is 3.91. The summed E-state index contributed by atoms with van der Waals surface area (Å²) in [6, 6.07) is -0.388. The van der Waals surface area contributed by atoms with Gasteiger partial charge in [0.05, 0.1) is 12.7 Å². The molecule has 0 radical (unpaired) electrons. The van der Waals surface area contributed by atoms with E-state index in [4.69, 9.17) is 20.3 Å². The van der Waals surface area contributed by atoms with E-state index in [2.05, 4.69) is 0 Å². The standard InChI is InChI=1S/C7H15NO4/c1-11-6-2-4(8)7(10)5(3-9)12-6/h4-7,9-10H,2-3,8H2,1H3/t4-,5-,6+,7-/m0/s1. The van der Waals surface area contributed by atoms with Crippen LogP contribution in [0.4, 0.5) is 0 Å². The molecular formula is C7H15NO4. The van der Waals surface area contributed by atoms with Gasteiger partial charge in [0.1, 0.15) is 6.10 Å². The highest BCUT2D eigenvalue weighted by Crippen LogP contribution is 2.18. The zero-order valence-electron chi connectivity index (χ0n) is 7.01. The van der Waals surface area contributed by atoms with Gasteiger partial charge >= 0.3 is 0 Å². The van der Waals surface area contributed by atoms with Crippen LogP contribution in [0.2, 0.25) is 0 Å². The zero-order valence-corrected chi connectivity index (χ0v) is 7.01. The number of aliphatic hydroxyl groups is 2. The van der Waals surface area contributed by atoms with Gasteiger partial charge in [-0.25, -0.2) is 0 Å². The number of nitrogens with two attached hydrogens (primary N) is 1. The number of hydrogen-bond donors (Lipinski definition) is 3. The maximum atomic E-state index is 9.39. The van der Waals surface area contributed by atoms with E-state index in [1.165, 1.54) is 7.11 Å². The fourth-order valence-corrected chi connectivity index (χ4v) is 1.27. The van der Waals surface area contributed by atoms with Crippen molar-refractivity contribution in [2.24, 2.45) is 5.73 Å². The Hall–Kier alpha value is -0.200. The van der Waals surface area contributed by atoms with Crippen molar-refractivity contribution in [2.45, 2.75) is 31.0 Å². The first-order valence-electron chi connectivity index (χ1n) is 3.91. The van der Waals surface area contributed by atoms with E-state index < -0.39 is 18.5 Å². The molecule has 1 saturated heterocycles. The summed E-state index contributed by atoms with van der Waals surface area (Å²) in [5, 5.41) is 18.2. The highest BCUT2D eigenvalue weighted by molar-refractivity contribution is 4.84. The summed E-state index contributed by atoms with van der Waals surface area (Å²) in [5.74, 6) is 0. The SMILES string of the molecule is CO[C@H]1C[C@H](N)[C@H](O)[C@H](CO)O1. The molecule has 72 valence electrons. The average Bonchev–Trinajstić information content (AvgIpc) is 2.09. The van der Waals surface area contributed by atoms with Crippen molar-refractivity contribution in [3.63, 3.8) is 0 Å². The maximum absolute atomic E-state index is 9.39. The minimum atomic E-state index is -0.804. The van der Waals surface area contributed by atoms with Crippen LogP contribution in [-0.4, -0.2) is 48.5 Å². The van der Waals surface area contributed by atoms with Crippen molar-refractivity contribution < 1.29 is 19.7 Å².